The Morgan fingerprint density at radius 1 is 0.971 bits per heavy atom. The second-order valence-corrected chi connectivity index (χ2v) is 9.13. The predicted octanol–water partition coefficient (Wildman–Crippen LogP) is 7.08. The highest BCUT2D eigenvalue weighted by atomic mass is 35.5. The van der Waals surface area contributed by atoms with Crippen molar-refractivity contribution >= 4 is 61.0 Å². The molecule has 0 amide bonds. The Morgan fingerprint density at radius 3 is 2.38 bits per heavy atom. The predicted molar refractivity (Wildman–Crippen MR) is 136 cm³/mol. The van der Waals surface area contributed by atoms with Gasteiger partial charge in [0.05, 0.1) is 26.3 Å². The largest absolute Gasteiger partial charge is 0.387 e. The third-order valence-electron chi connectivity index (χ3n) is 5.76. The standard InChI is InChI=1S/C24H17ClN4O4S/c1-26-22-10-18(25)9-21-17(13-34-24(21)22)12-27-5-4-14-2-3-15(8-23(14)27)16-6-19(28(30)31)11-20(7-16)29(32)33/h2-11,13,26H,12H2,1H3. The van der Waals surface area contributed by atoms with E-state index in [-0.39, 0.29) is 11.4 Å². The highest BCUT2D eigenvalue weighted by Gasteiger charge is 2.18. The normalized spacial score (nSPS) is 11.2. The van der Waals surface area contributed by atoms with Crippen LogP contribution in [0.25, 0.3) is 32.1 Å². The van der Waals surface area contributed by atoms with Gasteiger partial charge in [-0.25, -0.2) is 0 Å². The second-order valence-electron chi connectivity index (χ2n) is 7.81. The fraction of sp³-hybridized carbons (Fsp3) is 0.0833. The quantitative estimate of drug-likeness (QED) is 0.201. The molecule has 0 aliphatic rings. The van der Waals surface area contributed by atoms with Crippen molar-refractivity contribution < 1.29 is 9.85 Å². The zero-order valence-corrected chi connectivity index (χ0v) is 19.4. The van der Waals surface area contributed by atoms with Crippen LogP contribution >= 0.6 is 22.9 Å². The highest BCUT2D eigenvalue weighted by molar-refractivity contribution is 7.18. The summed E-state index contributed by atoms with van der Waals surface area (Å²) in [7, 11) is 1.86. The lowest BCUT2D eigenvalue weighted by Crippen LogP contribution is -1.98. The average molecular weight is 493 g/mol. The number of non-ortho nitro benzene ring substituents is 2. The number of halogens is 1. The lowest BCUT2D eigenvalue weighted by atomic mass is 10.0. The van der Waals surface area contributed by atoms with Gasteiger partial charge in [-0.1, -0.05) is 23.7 Å². The van der Waals surface area contributed by atoms with Crippen molar-refractivity contribution in [2.75, 3.05) is 12.4 Å². The van der Waals surface area contributed by atoms with Gasteiger partial charge in [0.25, 0.3) is 11.4 Å². The molecule has 8 nitrogen and oxygen atoms in total. The molecular weight excluding hydrogens is 476 g/mol. The molecule has 0 radical (unpaired) electrons. The Bertz CT molecular complexity index is 1580. The molecule has 0 aliphatic carbocycles. The summed E-state index contributed by atoms with van der Waals surface area (Å²) in [6, 6.07) is 15.2. The first kappa shape index (κ1) is 21.9. The van der Waals surface area contributed by atoms with Crippen molar-refractivity contribution in [2.24, 2.45) is 0 Å². The first-order valence-corrected chi connectivity index (χ1v) is 11.5. The molecule has 34 heavy (non-hydrogen) atoms. The van der Waals surface area contributed by atoms with Gasteiger partial charge in [-0.05, 0) is 51.7 Å². The topological polar surface area (TPSA) is 103 Å². The third kappa shape index (κ3) is 3.85. The van der Waals surface area contributed by atoms with Gasteiger partial charge in [-0.2, -0.15) is 0 Å². The monoisotopic (exact) mass is 492 g/mol. The minimum Gasteiger partial charge on any atom is -0.387 e. The molecule has 1 N–H and O–H groups in total. The van der Waals surface area contributed by atoms with Crippen molar-refractivity contribution in [3.05, 3.63) is 97.0 Å². The van der Waals surface area contributed by atoms with E-state index in [1.165, 1.54) is 12.1 Å². The molecule has 2 aromatic heterocycles. The molecule has 10 heteroatoms. The molecule has 0 fully saturated rings. The van der Waals surface area contributed by atoms with E-state index in [0.29, 0.717) is 22.7 Å². The van der Waals surface area contributed by atoms with Gasteiger partial charge in [0.1, 0.15) is 0 Å². The maximum Gasteiger partial charge on any atom is 0.276 e. The van der Waals surface area contributed by atoms with Crippen LogP contribution in [0.1, 0.15) is 5.56 Å². The number of rotatable bonds is 6. The maximum absolute atomic E-state index is 11.3. The van der Waals surface area contributed by atoms with Gasteiger partial charge in [-0.3, -0.25) is 20.2 Å². The number of fused-ring (bicyclic) bond motifs is 2. The van der Waals surface area contributed by atoms with Crippen LogP contribution in [0.4, 0.5) is 17.1 Å². The number of hydrogen-bond donors (Lipinski definition) is 1. The number of anilines is 1. The Morgan fingerprint density at radius 2 is 1.71 bits per heavy atom. The number of thiophene rings is 1. The van der Waals surface area contributed by atoms with Crippen molar-refractivity contribution in [3.8, 4) is 11.1 Å². The lowest BCUT2D eigenvalue weighted by Gasteiger charge is -2.09. The Balaban J connectivity index is 1.59. The fourth-order valence-electron chi connectivity index (χ4n) is 4.12. The maximum atomic E-state index is 11.3. The Labute approximate surface area is 202 Å². The van der Waals surface area contributed by atoms with Crippen LogP contribution in [0.5, 0.6) is 0 Å². The van der Waals surface area contributed by atoms with Crippen molar-refractivity contribution in [2.45, 2.75) is 6.54 Å². The minimum atomic E-state index is -0.621. The van der Waals surface area contributed by atoms with Crippen LogP contribution in [0.3, 0.4) is 0 Å². The number of nitrogens with one attached hydrogen (secondary N) is 1. The number of benzene rings is 3. The van der Waals surface area contributed by atoms with Gasteiger partial charge >= 0.3 is 0 Å². The summed E-state index contributed by atoms with van der Waals surface area (Å²) >= 11 is 7.98. The van der Waals surface area contributed by atoms with Crippen LogP contribution in [0, 0.1) is 20.2 Å². The molecule has 0 aliphatic heterocycles. The number of aromatic nitrogens is 1. The highest BCUT2D eigenvalue weighted by Crippen LogP contribution is 2.36. The number of hydrogen-bond acceptors (Lipinski definition) is 6. The zero-order valence-electron chi connectivity index (χ0n) is 17.8. The van der Waals surface area contributed by atoms with Gasteiger partial charge in [0.2, 0.25) is 0 Å². The summed E-state index contributed by atoms with van der Waals surface area (Å²) < 4.78 is 3.22. The molecule has 2 heterocycles. The van der Waals surface area contributed by atoms with Crippen LogP contribution in [-0.2, 0) is 6.54 Å². The van der Waals surface area contributed by atoms with Gasteiger partial charge in [0, 0.05) is 47.8 Å². The van der Waals surface area contributed by atoms with E-state index in [2.05, 4.69) is 15.3 Å². The molecule has 0 saturated heterocycles. The Kier molecular flexibility index (Phi) is 5.43. The summed E-state index contributed by atoms with van der Waals surface area (Å²) in [6.45, 7) is 0.603. The van der Waals surface area contributed by atoms with Crippen molar-refractivity contribution in [1.29, 1.82) is 0 Å². The number of nitro benzene ring substituents is 2. The second kappa shape index (κ2) is 8.44. The smallest absolute Gasteiger partial charge is 0.276 e. The van der Waals surface area contributed by atoms with Gasteiger partial charge < -0.3 is 9.88 Å². The van der Waals surface area contributed by atoms with Crippen molar-refractivity contribution in [1.82, 2.24) is 4.57 Å². The zero-order chi connectivity index (χ0) is 24.0. The van der Waals surface area contributed by atoms with E-state index in [9.17, 15) is 20.2 Å². The number of nitro groups is 2. The molecule has 3 aromatic carbocycles. The van der Waals surface area contributed by atoms with E-state index in [1.54, 1.807) is 11.3 Å². The summed E-state index contributed by atoms with van der Waals surface area (Å²) in [5.41, 5.74) is 3.46. The first-order valence-electron chi connectivity index (χ1n) is 10.2. The number of nitrogens with zero attached hydrogens (tertiary/aromatic N) is 3. The molecule has 0 unspecified atom stereocenters. The Hall–Kier alpha value is -3.95. The minimum absolute atomic E-state index is 0.318. The van der Waals surface area contributed by atoms with E-state index >= 15 is 0 Å². The van der Waals surface area contributed by atoms with Crippen LogP contribution in [0.15, 0.2) is 66.2 Å². The molecule has 5 rings (SSSR count). The summed E-state index contributed by atoms with van der Waals surface area (Å²) in [5, 5.41) is 30.6. The fourth-order valence-corrected chi connectivity index (χ4v) is 5.40. The summed E-state index contributed by atoms with van der Waals surface area (Å²) in [5.74, 6) is 0. The van der Waals surface area contributed by atoms with E-state index in [0.717, 1.165) is 38.3 Å². The lowest BCUT2D eigenvalue weighted by molar-refractivity contribution is -0.394. The molecule has 5 aromatic rings. The van der Waals surface area contributed by atoms with E-state index in [1.807, 2.05) is 49.6 Å². The van der Waals surface area contributed by atoms with E-state index < -0.39 is 9.85 Å². The SMILES string of the molecule is CNc1cc(Cl)cc2c(Cn3ccc4ccc(-c5cc([N+](=O)[O-])cc([N+](=O)[O-])c5)cc43)csc12. The molecule has 0 bridgehead atoms. The molecule has 0 atom stereocenters. The first-order chi connectivity index (χ1) is 16.3. The van der Waals surface area contributed by atoms with Crippen LogP contribution < -0.4 is 5.32 Å². The molecule has 0 spiro atoms. The molecule has 170 valence electrons. The van der Waals surface area contributed by atoms with Crippen LogP contribution in [0.2, 0.25) is 5.02 Å². The van der Waals surface area contributed by atoms with Crippen LogP contribution in [-0.4, -0.2) is 21.5 Å². The van der Waals surface area contributed by atoms with E-state index in [4.69, 9.17) is 11.6 Å². The van der Waals surface area contributed by atoms with Gasteiger partial charge in [-0.15, -0.1) is 11.3 Å². The summed E-state index contributed by atoms with van der Waals surface area (Å²) in [6.07, 6.45) is 1.98. The summed E-state index contributed by atoms with van der Waals surface area (Å²) in [4.78, 5) is 21.4. The molecule has 0 saturated carbocycles. The van der Waals surface area contributed by atoms with Gasteiger partial charge in [0.15, 0.2) is 0 Å². The van der Waals surface area contributed by atoms with Crippen molar-refractivity contribution in [3.63, 3.8) is 0 Å². The molecular formula is C24H17ClN4O4S. The third-order valence-corrected chi connectivity index (χ3v) is 7.06. The average Bonchev–Trinajstić information content (AvgIpc) is 3.42.